The van der Waals surface area contributed by atoms with Crippen LogP contribution in [0.3, 0.4) is 0 Å². The van der Waals surface area contributed by atoms with Crippen molar-refractivity contribution < 1.29 is 13.5 Å². The minimum Gasteiger partial charge on any atom is -0.436 e. The number of halogens is 2. The average Bonchev–Trinajstić information content (AvgIpc) is 3.28. The van der Waals surface area contributed by atoms with E-state index < -0.39 is 11.6 Å². The van der Waals surface area contributed by atoms with Gasteiger partial charge in [-0.15, -0.1) is 0 Å². The second-order valence-corrected chi connectivity index (χ2v) is 4.52. The van der Waals surface area contributed by atoms with Crippen molar-refractivity contribution in [1.29, 1.82) is 0 Å². The van der Waals surface area contributed by atoms with Crippen LogP contribution in [0.5, 0.6) is 11.6 Å². The zero-order valence-electron chi connectivity index (χ0n) is 10.4. The molecule has 1 heterocycles. The number of hydrogen-bond donors (Lipinski definition) is 2. The lowest BCUT2D eigenvalue weighted by Crippen LogP contribution is -2.10. The number of ether oxygens (including phenoxy) is 1. The van der Waals surface area contributed by atoms with Gasteiger partial charge in [0.25, 0.3) is 0 Å². The van der Waals surface area contributed by atoms with Gasteiger partial charge in [0.15, 0.2) is 11.6 Å². The monoisotopic (exact) mass is 278 g/mol. The summed E-state index contributed by atoms with van der Waals surface area (Å²) in [5.74, 6) is 4.43. The Labute approximate surface area is 113 Å². The molecule has 3 rings (SSSR count). The highest BCUT2D eigenvalue weighted by Gasteiger charge is 2.27. The van der Waals surface area contributed by atoms with Crippen molar-refractivity contribution in [3.8, 4) is 11.6 Å². The molecule has 2 aromatic rings. The second-order valence-electron chi connectivity index (χ2n) is 4.52. The average molecular weight is 278 g/mol. The van der Waals surface area contributed by atoms with E-state index in [0.29, 0.717) is 11.6 Å². The van der Waals surface area contributed by atoms with E-state index in [2.05, 4.69) is 15.4 Å². The number of rotatable bonds is 4. The largest absolute Gasteiger partial charge is 0.436 e. The highest BCUT2D eigenvalue weighted by molar-refractivity contribution is 5.40. The minimum atomic E-state index is -1.05. The fraction of sp³-hybridized carbons (Fsp3) is 0.231. The van der Waals surface area contributed by atoms with Gasteiger partial charge in [-0.2, -0.15) is 9.37 Å². The highest BCUT2D eigenvalue weighted by Crippen LogP contribution is 2.39. The number of hydrazine groups is 1. The van der Waals surface area contributed by atoms with E-state index in [1.54, 1.807) is 0 Å². The summed E-state index contributed by atoms with van der Waals surface area (Å²) in [6.07, 6.45) is 2.00. The molecule has 104 valence electrons. The summed E-state index contributed by atoms with van der Waals surface area (Å²) in [7, 11) is 0. The van der Waals surface area contributed by atoms with Crippen molar-refractivity contribution in [1.82, 2.24) is 9.97 Å². The number of nitrogens with zero attached hydrogens (tertiary/aromatic N) is 2. The van der Waals surface area contributed by atoms with Gasteiger partial charge in [0, 0.05) is 12.0 Å². The van der Waals surface area contributed by atoms with Gasteiger partial charge in [-0.05, 0) is 25.0 Å². The lowest BCUT2D eigenvalue weighted by molar-refractivity contribution is 0.403. The molecule has 1 aromatic heterocycles. The summed E-state index contributed by atoms with van der Waals surface area (Å²) in [4.78, 5) is 8.39. The first kappa shape index (κ1) is 12.7. The topological polar surface area (TPSA) is 73.1 Å². The molecule has 3 N–H and O–H groups in total. The smallest absolute Gasteiger partial charge is 0.224 e. The third-order valence-electron chi connectivity index (χ3n) is 2.94. The summed E-state index contributed by atoms with van der Waals surface area (Å²) >= 11 is 0. The Morgan fingerprint density at radius 1 is 1.25 bits per heavy atom. The number of benzene rings is 1. The van der Waals surface area contributed by atoms with Gasteiger partial charge in [-0.3, -0.25) is 0 Å². The molecule has 0 unspecified atom stereocenters. The molecule has 20 heavy (non-hydrogen) atoms. The van der Waals surface area contributed by atoms with Crippen molar-refractivity contribution in [3.63, 3.8) is 0 Å². The van der Waals surface area contributed by atoms with Gasteiger partial charge in [0.2, 0.25) is 11.7 Å². The lowest BCUT2D eigenvalue weighted by Gasteiger charge is -2.09. The first-order chi connectivity index (χ1) is 9.67. The summed E-state index contributed by atoms with van der Waals surface area (Å²) in [6.45, 7) is 0. The molecule has 0 spiro atoms. The number of hydrogen-bond acceptors (Lipinski definition) is 5. The first-order valence-corrected chi connectivity index (χ1v) is 6.15. The van der Waals surface area contributed by atoms with E-state index in [1.807, 2.05) is 0 Å². The van der Waals surface area contributed by atoms with Crippen molar-refractivity contribution in [2.75, 3.05) is 5.43 Å². The molecule has 1 aliphatic rings. The molecule has 0 atom stereocenters. The zero-order chi connectivity index (χ0) is 14.1. The zero-order valence-corrected chi connectivity index (χ0v) is 10.4. The standard InChI is InChI=1S/C13H12F2N4O/c14-8-2-1-3-9(12(8)15)20-11-6-10(19-16)17-13(18-11)7-4-5-7/h1-3,6-7H,4-5,16H2,(H,17,18,19). The van der Waals surface area contributed by atoms with Crippen LogP contribution < -0.4 is 16.0 Å². The maximum Gasteiger partial charge on any atom is 0.224 e. The third kappa shape index (κ3) is 2.53. The van der Waals surface area contributed by atoms with Crippen LogP contribution in [0.1, 0.15) is 24.6 Å². The normalized spacial score (nSPS) is 14.2. The Balaban J connectivity index is 1.93. The first-order valence-electron chi connectivity index (χ1n) is 6.15. The van der Waals surface area contributed by atoms with Gasteiger partial charge >= 0.3 is 0 Å². The molecule has 0 bridgehead atoms. The molecule has 0 aliphatic heterocycles. The Kier molecular flexibility index (Phi) is 3.19. The highest BCUT2D eigenvalue weighted by atomic mass is 19.2. The van der Waals surface area contributed by atoms with Crippen LogP contribution in [0, 0.1) is 11.6 Å². The molecular weight excluding hydrogens is 266 g/mol. The Morgan fingerprint density at radius 3 is 2.75 bits per heavy atom. The van der Waals surface area contributed by atoms with Crippen LogP contribution in [0.4, 0.5) is 14.6 Å². The van der Waals surface area contributed by atoms with Crippen molar-refractivity contribution in [2.45, 2.75) is 18.8 Å². The van der Waals surface area contributed by atoms with Crippen LogP contribution in [0.2, 0.25) is 0 Å². The third-order valence-corrected chi connectivity index (χ3v) is 2.94. The molecule has 1 saturated carbocycles. The quantitative estimate of drug-likeness (QED) is 0.664. The van der Waals surface area contributed by atoms with E-state index in [-0.39, 0.29) is 17.5 Å². The van der Waals surface area contributed by atoms with E-state index in [4.69, 9.17) is 10.6 Å². The molecular formula is C13H12F2N4O. The van der Waals surface area contributed by atoms with Crippen LogP contribution in [0.15, 0.2) is 24.3 Å². The van der Waals surface area contributed by atoms with Gasteiger partial charge in [-0.1, -0.05) is 6.07 Å². The van der Waals surface area contributed by atoms with E-state index >= 15 is 0 Å². The van der Waals surface area contributed by atoms with Gasteiger partial charge in [0.05, 0.1) is 0 Å². The van der Waals surface area contributed by atoms with E-state index in [1.165, 1.54) is 18.2 Å². The SMILES string of the molecule is NNc1cc(Oc2cccc(F)c2F)nc(C2CC2)n1. The summed E-state index contributed by atoms with van der Waals surface area (Å²) < 4.78 is 32.0. The molecule has 0 amide bonds. The van der Waals surface area contributed by atoms with Crippen LogP contribution >= 0.6 is 0 Å². The molecule has 1 aromatic carbocycles. The molecule has 1 aliphatic carbocycles. The molecule has 1 fully saturated rings. The number of anilines is 1. The lowest BCUT2D eigenvalue weighted by atomic mass is 10.3. The van der Waals surface area contributed by atoms with Crippen LogP contribution in [-0.2, 0) is 0 Å². The van der Waals surface area contributed by atoms with Crippen LogP contribution in [-0.4, -0.2) is 9.97 Å². The molecule has 0 radical (unpaired) electrons. The van der Waals surface area contributed by atoms with Gasteiger partial charge in [-0.25, -0.2) is 15.2 Å². The van der Waals surface area contributed by atoms with Crippen molar-refractivity contribution >= 4 is 5.82 Å². The summed E-state index contributed by atoms with van der Waals surface area (Å²) in [5.41, 5.74) is 2.40. The van der Waals surface area contributed by atoms with Crippen LogP contribution in [0.25, 0.3) is 0 Å². The maximum absolute atomic E-state index is 13.6. The fourth-order valence-electron chi connectivity index (χ4n) is 1.77. The second kappa shape index (κ2) is 5.01. The van der Waals surface area contributed by atoms with E-state index in [9.17, 15) is 8.78 Å². The fourth-order valence-corrected chi connectivity index (χ4v) is 1.77. The maximum atomic E-state index is 13.6. The van der Waals surface area contributed by atoms with Crippen molar-refractivity contribution in [2.24, 2.45) is 5.84 Å². The Morgan fingerprint density at radius 2 is 2.05 bits per heavy atom. The number of aromatic nitrogens is 2. The number of nitrogens with two attached hydrogens (primary N) is 1. The molecule has 5 nitrogen and oxygen atoms in total. The minimum absolute atomic E-state index is 0.124. The van der Waals surface area contributed by atoms with Crippen molar-refractivity contribution in [3.05, 3.63) is 41.7 Å². The Hall–Kier alpha value is -2.28. The summed E-state index contributed by atoms with van der Waals surface area (Å²) in [5, 5.41) is 0. The predicted octanol–water partition coefficient (Wildman–Crippen LogP) is 2.71. The number of nitrogen functional groups attached to an aromatic ring is 1. The molecule has 0 saturated heterocycles. The Bertz CT molecular complexity index is 646. The van der Waals surface area contributed by atoms with Gasteiger partial charge in [0.1, 0.15) is 11.6 Å². The summed E-state index contributed by atoms with van der Waals surface area (Å²) in [6, 6.07) is 5.13. The van der Waals surface area contributed by atoms with E-state index in [0.717, 1.165) is 18.9 Å². The van der Waals surface area contributed by atoms with Gasteiger partial charge < -0.3 is 10.2 Å². The predicted molar refractivity (Wildman–Crippen MR) is 68.2 cm³/mol. The molecule has 7 heteroatoms. The number of nitrogens with one attached hydrogen (secondary N) is 1.